The van der Waals surface area contributed by atoms with E-state index in [2.05, 4.69) is 5.32 Å². The van der Waals surface area contributed by atoms with E-state index in [9.17, 15) is 18.3 Å². The Morgan fingerprint density at radius 1 is 1.35 bits per heavy atom. The summed E-state index contributed by atoms with van der Waals surface area (Å²) < 4.78 is 37.6. The van der Waals surface area contributed by atoms with Gasteiger partial charge >= 0.3 is 6.18 Å². The van der Waals surface area contributed by atoms with E-state index in [1.165, 1.54) is 6.07 Å². The monoisotopic (exact) mass is 288 g/mol. The fourth-order valence-corrected chi connectivity index (χ4v) is 2.58. The molecule has 1 heterocycles. The number of aliphatic hydroxyl groups is 1. The van der Waals surface area contributed by atoms with Gasteiger partial charge in [0.2, 0.25) is 0 Å². The Morgan fingerprint density at radius 3 is 2.65 bits per heavy atom. The molecule has 1 aliphatic heterocycles. The summed E-state index contributed by atoms with van der Waals surface area (Å²) in [5.74, 6) is 0. The molecule has 0 bridgehead atoms. The molecule has 112 valence electrons. The molecule has 1 saturated heterocycles. The van der Waals surface area contributed by atoms with Crippen molar-refractivity contribution >= 4 is 5.69 Å². The van der Waals surface area contributed by atoms with E-state index in [1.807, 2.05) is 0 Å². The third kappa shape index (κ3) is 3.64. The molecule has 0 amide bonds. The van der Waals surface area contributed by atoms with E-state index >= 15 is 0 Å². The number of alkyl halides is 3. The van der Waals surface area contributed by atoms with Gasteiger partial charge in [-0.05, 0) is 37.9 Å². The quantitative estimate of drug-likeness (QED) is 0.750. The molecule has 6 heteroatoms. The molecule has 0 aliphatic carbocycles. The first-order chi connectivity index (χ1) is 9.38. The van der Waals surface area contributed by atoms with Crippen LogP contribution in [0, 0.1) is 0 Å². The lowest BCUT2D eigenvalue weighted by Gasteiger charge is -2.26. The van der Waals surface area contributed by atoms with Gasteiger partial charge in [-0.1, -0.05) is 12.5 Å². The average molecular weight is 288 g/mol. The summed E-state index contributed by atoms with van der Waals surface area (Å²) in [5.41, 5.74) is 5.21. The molecule has 1 aromatic carbocycles. The van der Waals surface area contributed by atoms with Crippen molar-refractivity contribution in [3.05, 3.63) is 29.3 Å². The lowest BCUT2D eigenvalue weighted by atomic mass is 9.94. The number of nitrogens with one attached hydrogen (secondary N) is 1. The zero-order valence-electron chi connectivity index (χ0n) is 11.1. The first-order valence-corrected chi connectivity index (χ1v) is 6.76. The van der Waals surface area contributed by atoms with Gasteiger partial charge in [0.05, 0.1) is 11.7 Å². The maximum Gasteiger partial charge on any atom is 0.416 e. The highest BCUT2D eigenvalue weighted by molar-refractivity contribution is 5.51. The number of anilines is 1. The van der Waals surface area contributed by atoms with Crippen LogP contribution in [-0.2, 0) is 6.18 Å². The van der Waals surface area contributed by atoms with Gasteiger partial charge in [0, 0.05) is 17.3 Å². The molecule has 1 aromatic rings. The number of nitrogens with two attached hydrogens (primary N) is 1. The van der Waals surface area contributed by atoms with Gasteiger partial charge in [-0.2, -0.15) is 13.2 Å². The molecule has 1 fully saturated rings. The zero-order chi connectivity index (χ0) is 14.8. The molecule has 2 rings (SSSR count). The smallest absolute Gasteiger partial charge is 0.398 e. The summed E-state index contributed by atoms with van der Waals surface area (Å²) in [6.45, 7) is 0.917. The van der Waals surface area contributed by atoms with Crippen molar-refractivity contribution in [1.29, 1.82) is 0 Å². The van der Waals surface area contributed by atoms with Crippen LogP contribution in [0.1, 0.15) is 42.9 Å². The highest BCUT2D eigenvalue weighted by Gasteiger charge is 2.31. The summed E-state index contributed by atoms with van der Waals surface area (Å²) >= 11 is 0. The second-order valence-corrected chi connectivity index (χ2v) is 5.24. The topological polar surface area (TPSA) is 58.3 Å². The molecular weight excluding hydrogens is 269 g/mol. The Bertz CT molecular complexity index is 456. The Balaban J connectivity index is 2.07. The Kier molecular flexibility index (Phi) is 4.55. The minimum absolute atomic E-state index is 0.0110. The van der Waals surface area contributed by atoms with Crippen LogP contribution in [-0.4, -0.2) is 17.7 Å². The van der Waals surface area contributed by atoms with Crippen molar-refractivity contribution in [3.63, 3.8) is 0 Å². The Labute approximate surface area is 116 Å². The van der Waals surface area contributed by atoms with Gasteiger partial charge in [-0.3, -0.25) is 0 Å². The molecule has 0 saturated carbocycles. The van der Waals surface area contributed by atoms with Gasteiger partial charge in [-0.15, -0.1) is 0 Å². The van der Waals surface area contributed by atoms with E-state index in [4.69, 9.17) is 5.73 Å². The summed E-state index contributed by atoms with van der Waals surface area (Å²) in [5, 5.41) is 13.4. The normalized spacial score (nSPS) is 21.7. The molecule has 20 heavy (non-hydrogen) atoms. The number of piperidine rings is 1. The molecule has 2 unspecified atom stereocenters. The van der Waals surface area contributed by atoms with Gasteiger partial charge < -0.3 is 16.2 Å². The van der Waals surface area contributed by atoms with Crippen LogP contribution < -0.4 is 11.1 Å². The fraction of sp³-hybridized carbons (Fsp3) is 0.571. The first-order valence-electron chi connectivity index (χ1n) is 6.76. The number of benzene rings is 1. The lowest BCUT2D eigenvalue weighted by Crippen LogP contribution is -2.35. The molecule has 0 aromatic heterocycles. The molecule has 2 atom stereocenters. The number of hydrogen-bond acceptors (Lipinski definition) is 3. The third-order valence-corrected chi connectivity index (χ3v) is 3.69. The lowest BCUT2D eigenvalue weighted by molar-refractivity contribution is -0.137. The highest BCUT2D eigenvalue weighted by Crippen LogP contribution is 2.34. The fourth-order valence-electron chi connectivity index (χ4n) is 2.58. The molecule has 0 spiro atoms. The second-order valence-electron chi connectivity index (χ2n) is 5.24. The van der Waals surface area contributed by atoms with E-state index in [0.717, 1.165) is 37.9 Å². The van der Waals surface area contributed by atoms with Crippen LogP contribution in [0.5, 0.6) is 0 Å². The number of rotatable bonds is 3. The van der Waals surface area contributed by atoms with Gasteiger partial charge in [-0.25, -0.2) is 0 Å². The summed E-state index contributed by atoms with van der Waals surface area (Å²) in [7, 11) is 0. The van der Waals surface area contributed by atoms with E-state index in [-0.39, 0.29) is 11.7 Å². The molecule has 1 aliphatic rings. The van der Waals surface area contributed by atoms with Crippen molar-refractivity contribution in [3.8, 4) is 0 Å². The zero-order valence-corrected chi connectivity index (χ0v) is 11.1. The molecule has 3 nitrogen and oxygen atoms in total. The maximum atomic E-state index is 12.5. The minimum Gasteiger partial charge on any atom is -0.398 e. The highest BCUT2D eigenvalue weighted by atomic mass is 19.4. The predicted molar refractivity (Wildman–Crippen MR) is 71.1 cm³/mol. The van der Waals surface area contributed by atoms with Crippen LogP contribution in [0.2, 0.25) is 0 Å². The summed E-state index contributed by atoms with van der Waals surface area (Å²) in [4.78, 5) is 0. The number of halogens is 3. The van der Waals surface area contributed by atoms with E-state index in [1.54, 1.807) is 0 Å². The largest absolute Gasteiger partial charge is 0.416 e. The van der Waals surface area contributed by atoms with Crippen molar-refractivity contribution in [2.45, 2.75) is 44.0 Å². The maximum absolute atomic E-state index is 12.5. The van der Waals surface area contributed by atoms with Crippen molar-refractivity contribution in [2.24, 2.45) is 0 Å². The standard InChI is InChI=1S/C14H19F3N2O/c15-14(16,17)9-4-5-11(12(18)7-9)13(20)8-10-3-1-2-6-19-10/h4-5,7,10,13,19-20H,1-3,6,8,18H2. The Hall–Kier alpha value is -1.27. The number of nitrogen functional groups attached to an aromatic ring is 1. The van der Waals surface area contributed by atoms with Crippen molar-refractivity contribution < 1.29 is 18.3 Å². The second kappa shape index (κ2) is 6.01. The van der Waals surface area contributed by atoms with Gasteiger partial charge in [0.1, 0.15) is 0 Å². The summed E-state index contributed by atoms with van der Waals surface area (Å²) in [6.07, 6.45) is -1.59. The van der Waals surface area contributed by atoms with Crippen molar-refractivity contribution in [1.82, 2.24) is 5.32 Å². The van der Waals surface area contributed by atoms with Crippen LogP contribution in [0.25, 0.3) is 0 Å². The number of hydrogen-bond donors (Lipinski definition) is 3. The van der Waals surface area contributed by atoms with E-state index < -0.39 is 17.8 Å². The summed E-state index contributed by atoms with van der Waals surface area (Å²) in [6, 6.07) is 3.31. The van der Waals surface area contributed by atoms with Crippen LogP contribution in [0.15, 0.2) is 18.2 Å². The predicted octanol–water partition coefficient (Wildman–Crippen LogP) is 2.85. The average Bonchev–Trinajstić information content (AvgIpc) is 2.38. The first kappa shape index (κ1) is 15.1. The molecule has 4 N–H and O–H groups in total. The number of aliphatic hydroxyl groups excluding tert-OH is 1. The SMILES string of the molecule is Nc1cc(C(F)(F)F)ccc1C(O)CC1CCCCN1. The van der Waals surface area contributed by atoms with Crippen LogP contribution >= 0.6 is 0 Å². The van der Waals surface area contributed by atoms with Gasteiger partial charge in [0.25, 0.3) is 0 Å². The Morgan fingerprint density at radius 2 is 2.10 bits per heavy atom. The minimum atomic E-state index is -4.41. The van der Waals surface area contributed by atoms with E-state index in [0.29, 0.717) is 12.0 Å². The van der Waals surface area contributed by atoms with Gasteiger partial charge in [0.15, 0.2) is 0 Å². The van der Waals surface area contributed by atoms with Crippen molar-refractivity contribution in [2.75, 3.05) is 12.3 Å². The van der Waals surface area contributed by atoms with Crippen LogP contribution in [0.4, 0.5) is 18.9 Å². The third-order valence-electron chi connectivity index (χ3n) is 3.69. The molecular formula is C14H19F3N2O. The molecule has 0 radical (unpaired) electrons. The van der Waals surface area contributed by atoms with Crippen LogP contribution in [0.3, 0.4) is 0 Å².